The molecule has 1 heterocycles. The number of benzene rings is 3. The van der Waals surface area contributed by atoms with Gasteiger partial charge in [-0.25, -0.2) is 0 Å². The van der Waals surface area contributed by atoms with Crippen molar-refractivity contribution in [1.29, 1.82) is 0 Å². The highest BCUT2D eigenvalue weighted by molar-refractivity contribution is 5.95. The highest BCUT2D eigenvalue weighted by atomic mass is 16.2. The number of nitrogens with one attached hydrogen (secondary N) is 2. The van der Waals surface area contributed by atoms with Crippen LogP contribution in [-0.2, 0) is 9.59 Å². The van der Waals surface area contributed by atoms with Crippen molar-refractivity contribution in [3.05, 3.63) is 96.1 Å². The first-order valence-electron chi connectivity index (χ1n) is 11.2. The third-order valence-electron chi connectivity index (χ3n) is 5.86. The number of nitrogens with zero attached hydrogens (tertiary/aromatic N) is 1. The van der Waals surface area contributed by atoms with Gasteiger partial charge in [-0.15, -0.1) is 0 Å². The second kappa shape index (κ2) is 10.6. The molecule has 164 valence electrons. The van der Waals surface area contributed by atoms with E-state index in [1.165, 1.54) is 11.1 Å². The van der Waals surface area contributed by atoms with E-state index in [0.717, 1.165) is 30.8 Å². The Hall–Kier alpha value is -3.60. The van der Waals surface area contributed by atoms with E-state index in [0.29, 0.717) is 13.0 Å². The molecule has 32 heavy (non-hydrogen) atoms. The summed E-state index contributed by atoms with van der Waals surface area (Å²) in [6.07, 6.45) is 2.36. The molecule has 3 aromatic rings. The molecule has 1 aliphatic heterocycles. The molecule has 0 aromatic heterocycles. The lowest BCUT2D eigenvalue weighted by atomic mass is 9.88. The molecule has 1 fully saturated rings. The molecule has 0 radical (unpaired) electrons. The standard InChI is InChI=1S/C27H29N3O2/c31-26(20-29-23-13-15-24(16-14-23)30-19-7-12-27(30)32)28-18-17-25(21-8-3-1-4-9-21)22-10-5-2-6-11-22/h1-6,8-11,13-16,25,29H,7,12,17-20H2,(H,28,31). The first-order valence-corrected chi connectivity index (χ1v) is 11.2. The van der Waals surface area contributed by atoms with E-state index in [2.05, 4.69) is 59.2 Å². The molecular formula is C27H29N3O2. The molecule has 0 saturated carbocycles. The second-order valence-corrected chi connectivity index (χ2v) is 8.06. The predicted octanol–water partition coefficient (Wildman–Crippen LogP) is 4.56. The van der Waals surface area contributed by atoms with Crippen LogP contribution >= 0.6 is 0 Å². The molecule has 2 N–H and O–H groups in total. The molecule has 1 saturated heterocycles. The molecule has 5 heteroatoms. The van der Waals surface area contributed by atoms with Gasteiger partial charge in [0.15, 0.2) is 0 Å². The number of rotatable bonds is 9. The summed E-state index contributed by atoms with van der Waals surface area (Å²) >= 11 is 0. The number of carbonyl (C=O) groups is 2. The zero-order chi connectivity index (χ0) is 22.2. The maximum atomic E-state index is 12.4. The zero-order valence-electron chi connectivity index (χ0n) is 18.2. The first kappa shape index (κ1) is 21.6. The maximum absolute atomic E-state index is 12.4. The van der Waals surface area contributed by atoms with E-state index >= 15 is 0 Å². The van der Waals surface area contributed by atoms with Crippen LogP contribution in [-0.4, -0.2) is 31.4 Å². The third kappa shape index (κ3) is 5.55. The zero-order valence-corrected chi connectivity index (χ0v) is 18.2. The molecule has 3 aromatic carbocycles. The molecule has 5 nitrogen and oxygen atoms in total. The lowest BCUT2D eigenvalue weighted by molar-refractivity contribution is -0.119. The Morgan fingerprint density at radius 1 is 0.875 bits per heavy atom. The molecule has 1 aliphatic rings. The Balaban J connectivity index is 1.26. The Morgan fingerprint density at radius 3 is 2.06 bits per heavy atom. The quantitative estimate of drug-likeness (QED) is 0.526. The fraction of sp³-hybridized carbons (Fsp3) is 0.259. The van der Waals surface area contributed by atoms with Crippen LogP contribution in [0.2, 0.25) is 0 Å². The number of hydrogen-bond acceptors (Lipinski definition) is 3. The van der Waals surface area contributed by atoms with Gasteiger partial charge < -0.3 is 15.5 Å². The number of anilines is 2. The van der Waals surface area contributed by atoms with Crippen molar-refractivity contribution >= 4 is 23.2 Å². The van der Waals surface area contributed by atoms with Gasteiger partial charge in [-0.1, -0.05) is 60.7 Å². The van der Waals surface area contributed by atoms with Gasteiger partial charge in [0.25, 0.3) is 0 Å². The van der Waals surface area contributed by atoms with E-state index < -0.39 is 0 Å². The van der Waals surface area contributed by atoms with Crippen molar-refractivity contribution in [3.8, 4) is 0 Å². The summed E-state index contributed by atoms with van der Waals surface area (Å²) in [4.78, 5) is 26.0. The molecule has 4 rings (SSSR count). The number of hydrogen-bond donors (Lipinski definition) is 2. The second-order valence-electron chi connectivity index (χ2n) is 8.06. The minimum Gasteiger partial charge on any atom is -0.376 e. The van der Waals surface area contributed by atoms with Crippen LogP contribution in [0, 0.1) is 0 Å². The average Bonchev–Trinajstić information content (AvgIpc) is 3.28. The first-order chi connectivity index (χ1) is 15.7. The normalized spacial score (nSPS) is 13.4. The SMILES string of the molecule is O=C(CNc1ccc(N2CCCC2=O)cc1)NCCC(c1ccccc1)c1ccccc1. The van der Waals surface area contributed by atoms with E-state index in [4.69, 9.17) is 0 Å². The van der Waals surface area contributed by atoms with Crippen molar-refractivity contribution in [3.63, 3.8) is 0 Å². The van der Waals surface area contributed by atoms with Gasteiger partial charge in [0.1, 0.15) is 0 Å². The van der Waals surface area contributed by atoms with E-state index in [1.54, 1.807) is 0 Å². The predicted molar refractivity (Wildman–Crippen MR) is 129 cm³/mol. The summed E-state index contributed by atoms with van der Waals surface area (Å²) in [5.41, 5.74) is 4.28. The van der Waals surface area contributed by atoms with Crippen LogP contribution in [0.25, 0.3) is 0 Å². The highest BCUT2D eigenvalue weighted by Crippen LogP contribution is 2.27. The van der Waals surface area contributed by atoms with Crippen molar-refractivity contribution < 1.29 is 9.59 Å². The summed E-state index contributed by atoms with van der Waals surface area (Å²) < 4.78 is 0. The van der Waals surface area contributed by atoms with Crippen LogP contribution in [0.1, 0.15) is 36.3 Å². The van der Waals surface area contributed by atoms with Crippen LogP contribution in [0.3, 0.4) is 0 Å². The molecule has 0 spiro atoms. The monoisotopic (exact) mass is 427 g/mol. The summed E-state index contributed by atoms with van der Waals surface area (Å²) in [6, 6.07) is 28.5. The topological polar surface area (TPSA) is 61.4 Å². The number of carbonyl (C=O) groups excluding carboxylic acids is 2. The lowest BCUT2D eigenvalue weighted by Gasteiger charge is -2.19. The van der Waals surface area contributed by atoms with Gasteiger partial charge >= 0.3 is 0 Å². The van der Waals surface area contributed by atoms with Crippen molar-refractivity contribution in [2.24, 2.45) is 0 Å². The van der Waals surface area contributed by atoms with Gasteiger partial charge in [0.2, 0.25) is 11.8 Å². The Morgan fingerprint density at radius 2 is 1.50 bits per heavy atom. The Labute approximate surface area is 189 Å². The van der Waals surface area contributed by atoms with E-state index in [1.807, 2.05) is 41.3 Å². The third-order valence-corrected chi connectivity index (χ3v) is 5.86. The Kier molecular flexibility index (Phi) is 7.18. The van der Waals surface area contributed by atoms with Crippen molar-refractivity contribution in [2.45, 2.75) is 25.2 Å². The molecule has 2 amide bonds. The molecular weight excluding hydrogens is 398 g/mol. The molecule has 0 bridgehead atoms. The van der Waals surface area contributed by atoms with Crippen LogP contribution in [0.5, 0.6) is 0 Å². The Bertz CT molecular complexity index is 980. The van der Waals surface area contributed by atoms with Gasteiger partial charge in [-0.05, 0) is 48.2 Å². The van der Waals surface area contributed by atoms with Gasteiger partial charge in [0.05, 0.1) is 6.54 Å². The molecule has 0 atom stereocenters. The van der Waals surface area contributed by atoms with Gasteiger partial charge in [0, 0.05) is 36.8 Å². The maximum Gasteiger partial charge on any atom is 0.239 e. The summed E-state index contributed by atoms with van der Waals surface area (Å²) in [5.74, 6) is 0.379. The van der Waals surface area contributed by atoms with E-state index in [9.17, 15) is 9.59 Å². The summed E-state index contributed by atoms with van der Waals surface area (Å²) in [7, 11) is 0. The summed E-state index contributed by atoms with van der Waals surface area (Å²) in [6.45, 7) is 1.59. The number of amides is 2. The van der Waals surface area contributed by atoms with Gasteiger partial charge in [-0.2, -0.15) is 0 Å². The van der Waals surface area contributed by atoms with Crippen LogP contribution in [0.4, 0.5) is 11.4 Å². The minimum absolute atomic E-state index is 0.0383. The fourth-order valence-corrected chi connectivity index (χ4v) is 4.18. The molecule has 0 unspecified atom stereocenters. The highest BCUT2D eigenvalue weighted by Gasteiger charge is 2.21. The van der Waals surface area contributed by atoms with E-state index in [-0.39, 0.29) is 24.3 Å². The van der Waals surface area contributed by atoms with Crippen molar-refractivity contribution in [1.82, 2.24) is 5.32 Å². The average molecular weight is 428 g/mol. The lowest BCUT2D eigenvalue weighted by Crippen LogP contribution is -2.31. The van der Waals surface area contributed by atoms with Crippen molar-refractivity contribution in [2.75, 3.05) is 29.9 Å². The fourth-order valence-electron chi connectivity index (χ4n) is 4.18. The largest absolute Gasteiger partial charge is 0.376 e. The van der Waals surface area contributed by atoms with Gasteiger partial charge in [-0.3, -0.25) is 9.59 Å². The smallest absolute Gasteiger partial charge is 0.239 e. The van der Waals surface area contributed by atoms with Crippen LogP contribution in [0.15, 0.2) is 84.9 Å². The summed E-state index contributed by atoms with van der Waals surface area (Å²) in [5, 5.41) is 6.19. The van der Waals surface area contributed by atoms with Crippen LogP contribution < -0.4 is 15.5 Å². The minimum atomic E-state index is -0.0383. The molecule has 0 aliphatic carbocycles.